The minimum absolute atomic E-state index is 0.673. The first-order valence-electron chi connectivity index (χ1n) is 11.4. The van der Waals surface area contributed by atoms with E-state index >= 15 is 0 Å². The summed E-state index contributed by atoms with van der Waals surface area (Å²) in [7, 11) is -2.42. The molecule has 0 saturated heterocycles. The minimum Gasteiger partial charge on any atom is -0.374 e. The Hall–Kier alpha value is -0.723. The van der Waals surface area contributed by atoms with Gasteiger partial charge in [-0.2, -0.15) is 0 Å². The summed E-state index contributed by atoms with van der Waals surface area (Å²) in [5.74, 6) is 0. The van der Waals surface area contributed by atoms with Crippen LogP contribution in [-0.2, 0) is 19.8 Å². The first-order chi connectivity index (χ1) is 13.8. The number of hydrogen-bond donors (Lipinski definition) is 1. The standard InChI is InChI=1S/C23H43NO3Si/c1-4-25-28(26-5-2,27-6-3)21-17-12-10-8-7-9-11-16-20-24-22-23-18-14-13-15-19-23/h13-15,18-19,24H,4-12,16-17,20-22H2,1-3H3. The Morgan fingerprint density at radius 1 is 0.679 bits per heavy atom. The zero-order valence-corrected chi connectivity index (χ0v) is 19.5. The van der Waals surface area contributed by atoms with Crippen molar-refractivity contribution in [1.82, 2.24) is 5.32 Å². The van der Waals surface area contributed by atoms with Crippen LogP contribution in [0.4, 0.5) is 0 Å². The van der Waals surface area contributed by atoms with E-state index in [2.05, 4.69) is 35.6 Å². The van der Waals surface area contributed by atoms with Gasteiger partial charge in [0, 0.05) is 32.4 Å². The summed E-state index contributed by atoms with van der Waals surface area (Å²) >= 11 is 0. The van der Waals surface area contributed by atoms with Crippen LogP contribution in [0.15, 0.2) is 30.3 Å². The number of benzene rings is 1. The van der Waals surface area contributed by atoms with Crippen LogP contribution in [0.5, 0.6) is 0 Å². The van der Waals surface area contributed by atoms with Gasteiger partial charge >= 0.3 is 8.80 Å². The molecule has 0 radical (unpaired) electrons. The average Bonchev–Trinajstić information content (AvgIpc) is 2.70. The van der Waals surface area contributed by atoms with Crippen molar-refractivity contribution in [1.29, 1.82) is 0 Å². The summed E-state index contributed by atoms with van der Waals surface area (Å²) in [6.45, 7) is 10.2. The lowest BCUT2D eigenvalue weighted by atomic mass is 10.1. The molecule has 162 valence electrons. The summed E-state index contributed by atoms with van der Waals surface area (Å²) in [6.07, 6.45) is 10.3. The highest BCUT2D eigenvalue weighted by Gasteiger charge is 2.39. The van der Waals surface area contributed by atoms with Crippen molar-refractivity contribution in [3.63, 3.8) is 0 Å². The smallest absolute Gasteiger partial charge is 0.374 e. The van der Waals surface area contributed by atoms with Gasteiger partial charge in [-0.05, 0) is 45.7 Å². The molecule has 28 heavy (non-hydrogen) atoms. The summed E-state index contributed by atoms with van der Waals surface area (Å²) in [4.78, 5) is 0. The quantitative estimate of drug-likeness (QED) is 0.226. The maximum atomic E-state index is 5.92. The van der Waals surface area contributed by atoms with Gasteiger partial charge in [-0.1, -0.05) is 68.9 Å². The molecule has 5 heteroatoms. The van der Waals surface area contributed by atoms with Gasteiger partial charge in [0.25, 0.3) is 0 Å². The Kier molecular flexibility index (Phi) is 15.5. The third-order valence-electron chi connectivity index (χ3n) is 4.85. The molecule has 0 saturated carbocycles. The second-order valence-electron chi connectivity index (χ2n) is 7.22. The van der Waals surface area contributed by atoms with Gasteiger partial charge in [-0.25, -0.2) is 0 Å². The average molecular weight is 410 g/mol. The van der Waals surface area contributed by atoms with E-state index in [9.17, 15) is 0 Å². The van der Waals surface area contributed by atoms with E-state index in [0.717, 1.165) is 25.6 Å². The highest BCUT2D eigenvalue weighted by Crippen LogP contribution is 2.20. The Bertz CT molecular complexity index is 441. The zero-order chi connectivity index (χ0) is 20.3. The van der Waals surface area contributed by atoms with Crippen LogP contribution in [0.1, 0.15) is 77.7 Å². The fourth-order valence-corrected chi connectivity index (χ4v) is 6.17. The molecule has 1 aromatic rings. The fourth-order valence-electron chi connectivity index (χ4n) is 3.48. The maximum absolute atomic E-state index is 5.92. The highest BCUT2D eigenvalue weighted by molar-refractivity contribution is 6.60. The van der Waals surface area contributed by atoms with Gasteiger partial charge in [-0.3, -0.25) is 0 Å². The highest BCUT2D eigenvalue weighted by atomic mass is 28.4. The van der Waals surface area contributed by atoms with E-state index in [1.165, 1.54) is 50.5 Å². The number of hydrogen-bond acceptors (Lipinski definition) is 4. The molecule has 0 bridgehead atoms. The molecule has 4 nitrogen and oxygen atoms in total. The summed E-state index contributed by atoms with van der Waals surface area (Å²) in [5.41, 5.74) is 1.37. The Labute approximate surface area is 174 Å². The summed E-state index contributed by atoms with van der Waals surface area (Å²) < 4.78 is 17.8. The lowest BCUT2D eigenvalue weighted by Gasteiger charge is -2.28. The Balaban J connectivity index is 1.96. The van der Waals surface area contributed by atoms with Crippen molar-refractivity contribution in [3.05, 3.63) is 35.9 Å². The molecule has 1 aromatic carbocycles. The van der Waals surface area contributed by atoms with Crippen LogP contribution >= 0.6 is 0 Å². The van der Waals surface area contributed by atoms with Gasteiger partial charge < -0.3 is 18.6 Å². The van der Waals surface area contributed by atoms with Crippen molar-refractivity contribution in [2.45, 2.75) is 84.7 Å². The van der Waals surface area contributed by atoms with Crippen LogP contribution in [0.3, 0.4) is 0 Å². The predicted octanol–water partition coefficient (Wildman–Crippen LogP) is 5.95. The molecule has 1 N–H and O–H groups in total. The normalized spacial score (nSPS) is 11.8. The van der Waals surface area contributed by atoms with E-state index in [-0.39, 0.29) is 0 Å². The first-order valence-corrected chi connectivity index (χ1v) is 13.4. The molecule has 1 rings (SSSR count). The van der Waals surface area contributed by atoms with Crippen LogP contribution in [-0.4, -0.2) is 35.2 Å². The Morgan fingerprint density at radius 2 is 1.18 bits per heavy atom. The van der Waals surface area contributed by atoms with Gasteiger partial charge in [0.1, 0.15) is 0 Å². The topological polar surface area (TPSA) is 39.7 Å². The third-order valence-corrected chi connectivity index (χ3v) is 8.00. The summed E-state index contributed by atoms with van der Waals surface area (Å²) in [6, 6.07) is 11.6. The molecule has 0 heterocycles. The SMILES string of the molecule is CCO[Si](CCCCCCCCCCNCc1ccccc1)(OCC)OCC. The Morgan fingerprint density at radius 3 is 1.71 bits per heavy atom. The molecule has 0 atom stereocenters. The van der Waals surface area contributed by atoms with Gasteiger partial charge in [-0.15, -0.1) is 0 Å². The molecule has 0 amide bonds. The molecule has 0 spiro atoms. The molecule has 0 unspecified atom stereocenters. The monoisotopic (exact) mass is 409 g/mol. The molecule has 0 aliphatic rings. The number of unbranched alkanes of at least 4 members (excludes halogenated alkanes) is 7. The number of rotatable bonds is 19. The van der Waals surface area contributed by atoms with E-state index in [0.29, 0.717) is 19.8 Å². The van der Waals surface area contributed by atoms with Gasteiger partial charge in [0.2, 0.25) is 0 Å². The van der Waals surface area contributed by atoms with Crippen molar-refractivity contribution < 1.29 is 13.3 Å². The van der Waals surface area contributed by atoms with Crippen LogP contribution in [0, 0.1) is 0 Å². The van der Waals surface area contributed by atoms with Crippen LogP contribution in [0.2, 0.25) is 6.04 Å². The predicted molar refractivity (Wildman–Crippen MR) is 121 cm³/mol. The van der Waals surface area contributed by atoms with Crippen molar-refractivity contribution in [3.8, 4) is 0 Å². The van der Waals surface area contributed by atoms with Crippen molar-refractivity contribution in [2.24, 2.45) is 0 Å². The minimum atomic E-state index is -2.42. The molecule has 0 fully saturated rings. The van der Waals surface area contributed by atoms with Gasteiger partial charge in [0.15, 0.2) is 0 Å². The molecule has 0 aromatic heterocycles. The first kappa shape index (κ1) is 25.3. The lowest BCUT2D eigenvalue weighted by molar-refractivity contribution is 0.0706. The molecular weight excluding hydrogens is 366 g/mol. The number of nitrogens with one attached hydrogen (secondary N) is 1. The van der Waals surface area contributed by atoms with Crippen molar-refractivity contribution >= 4 is 8.80 Å². The fraction of sp³-hybridized carbons (Fsp3) is 0.739. The second kappa shape index (κ2) is 17.2. The maximum Gasteiger partial charge on any atom is 0.500 e. The second-order valence-corrected chi connectivity index (χ2v) is 9.95. The van der Waals surface area contributed by atoms with Crippen LogP contribution < -0.4 is 5.32 Å². The molecule has 0 aliphatic heterocycles. The van der Waals surface area contributed by atoms with E-state index in [1.54, 1.807) is 0 Å². The van der Waals surface area contributed by atoms with E-state index < -0.39 is 8.80 Å². The summed E-state index contributed by atoms with van der Waals surface area (Å²) in [5, 5.41) is 3.53. The van der Waals surface area contributed by atoms with E-state index in [1.807, 2.05) is 20.8 Å². The van der Waals surface area contributed by atoms with Crippen molar-refractivity contribution in [2.75, 3.05) is 26.4 Å². The molecule has 0 aliphatic carbocycles. The van der Waals surface area contributed by atoms with Crippen LogP contribution in [0.25, 0.3) is 0 Å². The van der Waals surface area contributed by atoms with Gasteiger partial charge in [0.05, 0.1) is 0 Å². The molecular formula is C23H43NO3Si. The largest absolute Gasteiger partial charge is 0.500 e. The van der Waals surface area contributed by atoms with E-state index in [4.69, 9.17) is 13.3 Å². The zero-order valence-electron chi connectivity index (χ0n) is 18.5. The third kappa shape index (κ3) is 12.0. The lowest BCUT2D eigenvalue weighted by Crippen LogP contribution is -2.45.